The molecule has 0 bridgehead atoms. The largest absolute Gasteiger partial charge is 0.365 e. The van der Waals surface area contributed by atoms with Gasteiger partial charge in [0.1, 0.15) is 17.3 Å². The lowest BCUT2D eigenvalue weighted by molar-refractivity contribution is -0.132. The molecule has 2 N–H and O–H groups in total. The normalized spacial score (nSPS) is 12.9. The Kier molecular flexibility index (Phi) is 5.63. The molecule has 1 aliphatic heterocycles. The smallest absolute Gasteiger partial charge is 0.252 e. The topological polar surface area (TPSA) is 85.6 Å². The number of aromatic nitrogens is 2. The third-order valence-electron chi connectivity index (χ3n) is 5.20. The highest BCUT2D eigenvalue weighted by atomic mass is 35.5. The number of hydrogen-bond donors (Lipinski definition) is 1. The molecule has 162 valence electrons. The highest BCUT2D eigenvalue weighted by Gasteiger charge is 2.30. The lowest BCUT2D eigenvalue weighted by Crippen LogP contribution is -2.40. The van der Waals surface area contributed by atoms with Crippen LogP contribution in [0.25, 0.3) is 16.1 Å². The Balaban J connectivity index is 1.62. The van der Waals surface area contributed by atoms with Gasteiger partial charge in [0.2, 0.25) is 11.6 Å². The van der Waals surface area contributed by atoms with E-state index in [9.17, 15) is 18.4 Å². The first-order chi connectivity index (χ1) is 15.3. The van der Waals surface area contributed by atoms with E-state index in [2.05, 4.69) is 9.94 Å². The second-order valence-corrected chi connectivity index (χ2v) is 7.74. The summed E-state index contributed by atoms with van der Waals surface area (Å²) in [6.07, 6.45) is -0.0679. The van der Waals surface area contributed by atoms with Gasteiger partial charge >= 0.3 is 0 Å². The highest BCUT2D eigenvalue weighted by Crippen LogP contribution is 2.30. The van der Waals surface area contributed by atoms with Crippen LogP contribution < -0.4 is 5.73 Å². The third-order valence-corrected chi connectivity index (χ3v) is 5.42. The van der Waals surface area contributed by atoms with E-state index in [1.165, 1.54) is 35.2 Å². The Labute approximate surface area is 186 Å². The number of hydrogen-bond acceptors (Lipinski definition) is 3. The fourth-order valence-corrected chi connectivity index (χ4v) is 3.94. The molecule has 2 heterocycles. The maximum absolute atomic E-state index is 13.9. The molecule has 0 saturated heterocycles. The van der Waals surface area contributed by atoms with Gasteiger partial charge in [-0.25, -0.2) is 13.6 Å². The minimum absolute atomic E-state index is 0.0653. The minimum atomic E-state index is -0.757. The number of nitrogens with two attached hydrogens (primary N) is 1. The van der Waals surface area contributed by atoms with E-state index in [0.717, 1.165) is 6.07 Å². The summed E-state index contributed by atoms with van der Waals surface area (Å²) in [5, 5.41) is 4.56. The van der Waals surface area contributed by atoms with E-state index in [1.54, 1.807) is 4.68 Å². The Morgan fingerprint density at radius 2 is 1.97 bits per heavy atom. The first kappa shape index (κ1) is 21.5. The molecule has 0 atom stereocenters. The molecule has 1 aliphatic rings. The molecule has 1 aromatic heterocycles. The Morgan fingerprint density at radius 1 is 1.19 bits per heavy atom. The van der Waals surface area contributed by atoms with Gasteiger partial charge in [0.25, 0.3) is 5.91 Å². The Hall–Kier alpha value is -3.77. The molecule has 0 saturated carbocycles. The van der Waals surface area contributed by atoms with Crippen molar-refractivity contribution in [1.82, 2.24) is 14.7 Å². The number of carbonyl (C=O) groups excluding carboxylic acids is 2. The van der Waals surface area contributed by atoms with Gasteiger partial charge in [-0.2, -0.15) is 5.10 Å². The van der Waals surface area contributed by atoms with Gasteiger partial charge in [0, 0.05) is 17.1 Å². The number of benzene rings is 2. The van der Waals surface area contributed by atoms with Crippen LogP contribution in [0.5, 0.6) is 0 Å². The summed E-state index contributed by atoms with van der Waals surface area (Å²) >= 11 is 5.94. The quantitative estimate of drug-likeness (QED) is 0.608. The summed E-state index contributed by atoms with van der Waals surface area (Å²) in [6.45, 7) is 7.59. The van der Waals surface area contributed by atoms with Crippen LogP contribution in [0.4, 0.5) is 14.5 Å². The van der Waals surface area contributed by atoms with Crippen LogP contribution in [0.15, 0.2) is 36.4 Å². The zero-order valence-corrected chi connectivity index (χ0v) is 17.4. The Bertz CT molecular complexity index is 1280. The van der Waals surface area contributed by atoms with Gasteiger partial charge in [-0.3, -0.25) is 14.3 Å². The van der Waals surface area contributed by atoms with Crippen LogP contribution in [-0.2, 0) is 24.3 Å². The van der Waals surface area contributed by atoms with Crippen molar-refractivity contribution in [2.24, 2.45) is 5.73 Å². The molecule has 4 rings (SSSR count). The third kappa shape index (κ3) is 4.05. The lowest BCUT2D eigenvalue weighted by Gasteiger charge is -2.28. The van der Waals surface area contributed by atoms with Crippen LogP contribution in [0.3, 0.4) is 0 Å². The standard InChI is InChI=1S/C22H16ClF2N5O2/c1-27-17-3-2-12(6-16(17)25)7-19(31)29-4-5-30-18(11-29)20(22(26)32)21(28-30)13-8-14(23)10-15(24)9-13/h2-3,6,8-10H,4-5,7,11H2,(H2,26,32). The molecular weight excluding hydrogens is 440 g/mol. The van der Waals surface area contributed by atoms with Gasteiger partial charge < -0.3 is 10.6 Å². The minimum Gasteiger partial charge on any atom is -0.365 e. The number of fused-ring (bicyclic) bond motifs is 1. The van der Waals surface area contributed by atoms with E-state index >= 15 is 0 Å². The van der Waals surface area contributed by atoms with Gasteiger partial charge in [-0.15, -0.1) is 0 Å². The van der Waals surface area contributed by atoms with Crippen LogP contribution in [0, 0.1) is 18.2 Å². The molecule has 0 aliphatic carbocycles. The van der Waals surface area contributed by atoms with E-state index in [1.807, 2.05) is 0 Å². The summed E-state index contributed by atoms with van der Waals surface area (Å²) in [5.41, 5.74) is 6.95. The van der Waals surface area contributed by atoms with Crippen LogP contribution >= 0.6 is 11.6 Å². The van der Waals surface area contributed by atoms with Crippen molar-refractivity contribution >= 4 is 29.1 Å². The fraction of sp³-hybridized carbons (Fsp3) is 0.182. The number of nitrogens with zero attached hydrogens (tertiary/aromatic N) is 4. The van der Waals surface area contributed by atoms with Crippen molar-refractivity contribution in [1.29, 1.82) is 0 Å². The summed E-state index contributed by atoms with van der Waals surface area (Å²) in [6, 6.07) is 7.85. The second kappa shape index (κ2) is 8.40. The molecule has 3 aromatic rings. The zero-order chi connectivity index (χ0) is 23.0. The van der Waals surface area contributed by atoms with Crippen molar-refractivity contribution in [2.45, 2.75) is 19.5 Å². The van der Waals surface area contributed by atoms with Crippen LogP contribution in [-0.4, -0.2) is 33.0 Å². The number of rotatable bonds is 4. The molecule has 0 fully saturated rings. The fourth-order valence-electron chi connectivity index (χ4n) is 3.72. The average molecular weight is 456 g/mol. The van der Waals surface area contributed by atoms with Crippen molar-refractivity contribution in [3.63, 3.8) is 0 Å². The molecule has 10 heteroatoms. The van der Waals surface area contributed by atoms with Crippen LogP contribution in [0.2, 0.25) is 5.02 Å². The van der Waals surface area contributed by atoms with Crippen molar-refractivity contribution in [2.75, 3.05) is 6.54 Å². The van der Waals surface area contributed by atoms with Gasteiger partial charge in [-0.05, 0) is 29.8 Å². The maximum Gasteiger partial charge on any atom is 0.252 e. The van der Waals surface area contributed by atoms with Gasteiger partial charge in [0.15, 0.2) is 0 Å². The lowest BCUT2D eigenvalue weighted by atomic mass is 10.0. The summed E-state index contributed by atoms with van der Waals surface area (Å²) in [7, 11) is 0. The summed E-state index contributed by atoms with van der Waals surface area (Å²) in [4.78, 5) is 29.6. The van der Waals surface area contributed by atoms with E-state index in [0.29, 0.717) is 29.9 Å². The molecule has 0 spiro atoms. The van der Waals surface area contributed by atoms with Gasteiger partial charge in [-0.1, -0.05) is 23.7 Å². The average Bonchev–Trinajstić information content (AvgIpc) is 3.12. The van der Waals surface area contributed by atoms with E-state index in [4.69, 9.17) is 23.9 Å². The molecular formula is C22H16ClF2N5O2. The monoisotopic (exact) mass is 455 g/mol. The molecule has 2 amide bonds. The van der Waals surface area contributed by atoms with Crippen LogP contribution in [0.1, 0.15) is 21.6 Å². The molecule has 7 nitrogen and oxygen atoms in total. The predicted molar refractivity (Wildman–Crippen MR) is 113 cm³/mol. The summed E-state index contributed by atoms with van der Waals surface area (Å²) < 4.78 is 29.3. The van der Waals surface area contributed by atoms with E-state index < -0.39 is 17.5 Å². The first-order valence-electron chi connectivity index (χ1n) is 9.56. The molecule has 32 heavy (non-hydrogen) atoms. The number of carbonyl (C=O) groups is 2. The predicted octanol–water partition coefficient (Wildman–Crippen LogP) is 3.72. The molecule has 0 unspecified atom stereocenters. The second-order valence-electron chi connectivity index (χ2n) is 7.31. The first-order valence-corrected chi connectivity index (χ1v) is 9.94. The summed E-state index contributed by atoms with van der Waals surface area (Å²) in [5.74, 6) is -2.30. The van der Waals surface area contributed by atoms with E-state index in [-0.39, 0.29) is 40.8 Å². The number of amides is 2. The maximum atomic E-state index is 13.9. The molecule has 0 radical (unpaired) electrons. The number of halogens is 3. The SMILES string of the molecule is [C-]#[N+]c1ccc(CC(=O)N2CCn3nc(-c4cc(F)cc(Cl)c4)c(C(N)=O)c3C2)cc1F. The molecule has 2 aromatic carbocycles. The van der Waals surface area contributed by atoms with Crippen molar-refractivity contribution < 1.29 is 18.4 Å². The van der Waals surface area contributed by atoms with Crippen molar-refractivity contribution in [3.05, 3.63) is 81.3 Å². The Morgan fingerprint density at radius 3 is 2.62 bits per heavy atom. The highest BCUT2D eigenvalue weighted by molar-refractivity contribution is 6.30. The zero-order valence-electron chi connectivity index (χ0n) is 16.6. The number of primary amides is 1. The van der Waals surface area contributed by atoms with Gasteiger partial charge in [0.05, 0.1) is 37.3 Å². The van der Waals surface area contributed by atoms with Crippen molar-refractivity contribution in [3.8, 4) is 11.3 Å².